The summed E-state index contributed by atoms with van der Waals surface area (Å²) in [6.07, 6.45) is 4.85. The Hall–Kier alpha value is -2.69. The molecule has 1 fully saturated rings. The third-order valence-corrected chi connectivity index (χ3v) is 4.67. The second-order valence-electron chi connectivity index (χ2n) is 6.51. The maximum atomic E-state index is 12.5. The van der Waals surface area contributed by atoms with Crippen molar-refractivity contribution in [1.82, 2.24) is 15.2 Å². The molecule has 2 aromatic rings. The summed E-state index contributed by atoms with van der Waals surface area (Å²) in [4.78, 5) is 30.7. The first-order chi connectivity index (χ1) is 12.1. The number of amides is 2. The van der Waals surface area contributed by atoms with Crippen LogP contribution in [-0.4, -0.2) is 34.8 Å². The number of pyridine rings is 1. The number of aryl methyl sites for hydroxylation is 1. The van der Waals surface area contributed by atoms with E-state index in [9.17, 15) is 9.59 Å². The van der Waals surface area contributed by atoms with Gasteiger partial charge in [-0.2, -0.15) is 0 Å². The minimum Gasteiger partial charge on any atom is -0.352 e. The smallest absolute Gasteiger partial charge is 0.253 e. The predicted molar refractivity (Wildman–Crippen MR) is 95.9 cm³/mol. The molecule has 3 rings (SSSR count). The highest BCUT2D eigenvalue weighted by molar-refractivity contribution is 5.94. The van der Waals surface area contributed by atoms with Crippen molar-refractivity contribution in [3.05, 3.63) is 65.5 Å². The SMILES string of the molecule is Cc1ccc(C(=O)N2CCC(C(=O)NCc3ccncc3)CC2)cc1. The minimum atomic E-state index is -0.0242. The molecule has 130 valence electrons. The van der Waals surface area contributed by atoms with Crippen molar-refractivity contribution in [2.75, 3.05) is 13.1 Å². The zero-order valence-corrected chi connectivity index (χ0v) is 14.4. The average Bonchev–Trinajstić information content (AvgIpc) is 2.67. The zero-order chi connectivity index (χ0) is 17.6. The van der Waals surface area contributed by atoms with Crippen LogP contribution in [0.5, 0.6) is 0 Å². The van der Waals surface area contributed by atoms with Crippen molar-refractivity contribution in [1.29, 1.82) is 0 Å². The number of piperidine rings is 1. The predicted octanol–water partition coefficient (Wildman–Crippen LogP) is 2.56. The minimum absolute atomic E-state index is 0.0242. The Morgan fingerprint density at radius 3 is 2.36 bits per heavy atom. The van der Waals surface area contributed by atoms with Crippen molar-refractivity contribution >= 4 is 11.8 Å². The molecule has 1 aliphatic heterocycles. The first kappa shape index (κ1) is 17.1. The fraction of sp³-hybridized carbons (Fsp3) is 0.350. The van der Waals surface area contributed by atoms with Crippen molar-refractivity contribution in [2.24, 2.45) is 5.92 Å². The number of hydrogen-bond acceptors (Lipinski definition) is 3. The van der Waals surface area contributed by atoms with Gasteiger partial charge in [-0.3, -0.25) is 14.6 Å². The lowest BCUT2D eigenvalue weighted by molar-refractivity contribution is -0.126. The zero-order valence-electron chi connectivity index (χ0n) is 14.4. The van der Waals surface area contributed by atoms with E-state index in [0.717, 1.165) is 11.1 Å². The molecule has 0 unspecified atom stereocenters. The van der Waals surface area contributed by atoms with Gasteiger partial charge in [0.1, 0.15) is 0 Å². The number of nitrogens with one attached hydrogen (secondary N) is 1. The molecule has 1 aliphatic rings. The number of benzene rings is 1. The average molecular weight is 337 g/mol. The lowest BCUT2D eigenvalue weighted by Crippen LogP contribution is -2.42. The summed E-state index contributed by atoms with van der Waals surface area (Å²) in [5, 5.41) is 2.98. The van der Waals surface area contributed by atoms with Crippen molar-refractivity contribution in [3.63, 3.8) is 0 Å². The van der Waals surface area contributed by atoms with Crippen LogP contribution in [0.2, 0.25) is 0 Å². The summed E-state index contributed by atoms with van der Waals surface area (Å²) in [6, 6.07) is 11.4. The molecule has 25 heavy (non-hydrogen) atoms. The van der Waals surface area contributed by atoms with E-state index in [1.807, 2.05) is 48.2 Å². The van der Waals surface area contributed by atoms with Gasteiger partial charge in [0.25, 0.3) is 5.91 Å². The number of carbonyl (C=O) groups excluding carboxylic acids is 2. The fourth-order valence-corrected chi connectivity index (χ4v) is 3.06. The van der Waals surface area contributed by atoms with Crippen LogP contribution in [-0.2, 0) is 11.3 Å². The normalized spacial score (nSPS) is 15.0. The van der Waals surface area contributed by atoms with Crippen LogP contribution in [0, 0.1) is 12.8 Å². The van der Waals surface area contributed by atoms with Crippen LogP contribution < -0.4 is 5.32 Å². The molecule has 5 nitrogen and oxygen atoms in total. The summed E-state index contributed by atoms with van der Waals surface area (Å²) in [5.41, 5.74) is 2.89. The van der Waals surface area contributed by atoms with Gasteiger partial charge in [0, 0.05) is 43.5 Å². The van der Waals surface area contributed by atoms with Gasteiger partial charge in [-0.25, -0.2) is 0 Å². The maximum Gasteiger partial charge on any atom is 0.253 e. The van der Waals surface area contributed by atoms with E-state index in [2.05, 4.69) is 10.3 Å². The van der Waals surface area contributed by atoms with Crippen molar-refractivity contribution in [2.45, 2.75) is 26.3 Å². The highest BCUT2D eigenvalue weighted by Crippen LogP contribution is 2.19. The third-order valence-electron chi connectivity index (χ3n) is 4.67. The summed E-state index contributed by atoms with van der Waals surface area (Å²) in [6.45, 7) is 3.77. The molecule has 0 spiro atoms. The van der Waals surface area contributed by atoms with Gasteiger partial charge in [0.15, 0.2) is 0 Å². The van der Waals surface area contributed by atoms with E-state index in [1.54, 1.807) is 12.4 Å². The molecule has 0 radical (unpaired) electrons. The number of likely N-dealkylation sites (tertiary alicyclic amines) is 1. The van der Waals surface area contributed by atoms with Crippen LogP contribution in [0.25, 0.3) is 0 Å². The van der Waals surface area contributed by atoms with Crippen LogP contribution in [0.4, 0.5) is 0 Å². The van der Waals surface area contributed by atoms with E-state index >= 15 is 0 Å². The molecule has 0 saturated carbocycles. The molecule has 0 atom stereocenters. The van der Waals surface area contributed by atoms with Crippen molar-refractivity contribution in [3.8, 4) is 0 Å². The molecule has 1 N–H and O–H groups in total. The number of rotatable bonds is 4. The Bertz CT molecular complexity index is 720. The van der Waals surface area contributed by atoms with Gasteiger partial charge in [0.2, 0.25) is 5.91 Å². The number of aromatic nitrogens is 1. The Balaban J connectivity index is 1.48. The van der Waals surface area contributed by atoms with Crippen molar-refractivity contribution < 1.29 is 9.59 Å². The quantitative estimate of drug-likeness (QED) is 0.933. The van der Waals surface area contributed by atoms with Crippen LogP contribution in [0.1, 0.15) is 34.3 Å². The monoisotopic (exact) mass is 337 g/mol. The highest BCUT2D eigenvalue weighted by Gasteiger charge is 2.27. The van der Waals surface area contributed by atoms with Gasteiger partial charge >= 0.3 is 0 Å². The second kappa shape index (κ2) is 7.92. The maximum absolute atomic E-state index is 12.5. The largest absolute Gasteiger partial charge is 0.352 e. The van der Waals surface area contributed by atoms with E-state index in [4.69, 9.17) is 0 Å². The molecule has 2 heterocycles. The number of hydrogen-bond donors (Lipinski definition) is 1. The van der Waals surface area contributed by atoms with Gasteiger partial charge in [-0.05, 0) is 49.6 Å². The van der Waals surface area contributed by atoms with Gasteiger partial charge in [-0.1, -0.05) is 17.7 Å². The molecule has 1 aromatic heterocycles. The summed E-state index contributed by atoms with van der Waals surface area (Å²) >= 11 is 0. The fourth-order valence-electron chi connectivity index (χ4n) is 3.06. The molecule has 1 saturated heterocycles. The Labute approximate surface area is 148 Å². The summed E-state index contributed by atoms with van der Waals surface area (Å²) in [5.74, 6) is 0.0961. The second-order valence-corrected chi connectivity index (χ2v) is 6.51. The lowest BCUT2D eigenvalue weighted by atomic mass is 9.95. The van der Waals surface area contributed by atoms with E-state index < -0.39 is 0 Å². The molecular weight excluding hydrogens is 314 g/mol. The Morgan fingerprint density at radius 1 is 1.08 bits per heavy atom. The van der Waals surface area contributed by atoms with Gasteiger partial charge < -0.3 is 10.2 Å². The Morgan fingerprint density at radius 2 is 1.72 bits per heavy atom. The van der Waals surface area contributed by atoms with Crippen LogP contribution in [0.3, 0.4) is 0 Å². The molecule has 2 amide bonds. The molecular formula is C20H23N3O2. The van der Waals surface area contributed by atoms with E-state index in [-0.39, 0.29) is 17.7 Å². The van der Waals surface area contributed by atoms with Crippen LogP contribution >= 0.6 is 0 Å². The standard InChI is InChI=1S/C20H23N3O2/c1-15-2-4-18(5-3-15)20(25)23-12-8-17(9-13-23)19(24)22-14-16-6-10-21-11-7-16/h2-7,10-11,17H,8-9,12-14H2,1H3,(H,22,24). The first-order valence-corrected chi connectivity index (χ1v) is 8.66. The topological polar surface area (TPSA) is 62.3 Å². The number of carbonyl (C=O) groups is 2. The molecule has 0 bridgehead atoms. The summed E-state index contributed by atoms with van der Waals surface area (Å²) < 4.78 is 0. The third kappa shape index (κ3) is 4.44. The molecule has 0 aliphatic carbocycles. The summed E-state index contributed by atoms with van der Waals surface area (Å²) in [7, 11) is 0. The molecule has 1 aromatic carbocycles. The first-order valence-electron chi connectivity index (χ1n) is 8.66. The molecule has 5 heteroatoms. The highest BCUT2D eigenvalue weighted by atomic mass is 16.2. The van der Waals surface area contributed by atoms with Gasteiger partial charge in [-0.15, -0.1) is 0 Å². The van der Waals surface area contributed by atoms with E-state index in [1.165, 1.54) is 0 Å². The number of nitrogens with zero attached hydrogens (tertiary/aromatic N) is 2. The van der Waals surface area contributed by atoms with Gasteiger partial charge in [0.05, 0.1) is 0 Å². The Kier molecular flexibility index (Phi) is 5.43. The lowest BCUT2D eigenvalue weighted by Gasteiger charge is -2.31. The van der Waals surface area contributed by atoms with E-state index in [0.29, 0.717) is 38.0 Å². The van der Waals surface area contributed by atoms with Crippen LogP contribution in [0.15, 0.2) is 48.8 Å².